The molecule has 0 fully saturated rings. The Morgan fingerprint density at radius 1 is 1.06 bits per heavy atom. The van der Waals surface area contributed by atoms with E-state index in [4.69, 9.17) is 0 Å². The second-order valence-electron chi connectivity index (χ2n) is 4.08. The van der Waals surface area contributed by atoms with E-state index in [0.717, 1.165) is 11.2 Å². The number of nitrogens with one attached hydrogen (secondary N) is 1. The molecule has 2 heterocycles. The van der Waals surface area contributed by atoms with Crippen molar-refractivity contribution in [2.75, 3.05) is 0 Å². The number of phenolic OH excluding ortho intramolecular Hbond substituents is 2. The highest BCUT2D eigenvalue weighted by Gasteiger charge is 2.12. The minimum atomic E-state index is -0.187. The van der Waals surface area contributed by atoms with Gasteiger partial charge >= 0.3 is 0 Å². The Kier molecular flexibility index (Phi) is 2.19. The molecule has 0 radical (unpaired) electrons. The van der Waals surface area contributed by atoms with Gasteiger partial charge < -0.3 is 15.2 Å². The van der Waals surface area contributed by atoms with Crippen molar-refractivity contribution in [2.24, 2.45) is 0 Å². The molecule has 5 heteroatoms. The van der Waals surface area contributed by atoms with Crippen LogP contribution in [0.15, 0.2) is 30.3 Å². The maximum atomic E-state index is 9.80. The zero-order valence-corrected chi connectivity index (χ0v) is 9.68. The van der Waals surface area contributed by atoms with E-state index in [-0.39, 0.29) is 11.5 Å². The number of H-pyrrole nitrogens is 1. The first-order valence-electron chi connectivity index (χ1n) is 5.50. The second kappa shape index (κ2) is 3.73. The number of hydrogen-bond donors (Lipinski definition) is 3. The van der Waals surface area contributed by atoms with Crippen molar-refractivity contribution in [3.8, 4) is 22.9 Å². The first-order chi connectivity index (χ1) is 8.65. The summed E-state index contributed by atoms with van der Waals surface area (Å²) in [6.07, 6.45) is 0. The Morgan fingerprint density at radius 3 is 2.72 bits per heavy atom. The number of imidazole rings is 1. The molecular formula is C13H11N3O2. The van der Waals surface area contributed by atoms with Crippen LogP contribution in [-0.2, 0) is 0 Å². The van der Waals surface area contributed by atoms with Gasteiger partial charge in [-0.2, -0.15) is 0 Å². The molecule has 0 saturated heterocycles. The Morgan fingerprint density at radius 2 is 1.89 bits per heavy atom. The monoisotopic (exact) mass is 241 g/mol. The Bertz CT molecular complexity index is 734. The van der Waals surface area contributed by atoms with Gasteiger partial charge in [-0.1, -0.05) is 6.07 Å². The molecular weight excluding hydrogens is 230 g/mol. The largest absolute Gasteiger partial charge is 0.504 e. The van der Waals surface area contributed by atoms with Crippen molar-refractivity contribution >= 4 is 11.2 Å². The predicted molar refractivity (Wildman–Crippen MR) is 67.4 cm³/mol. The van der Waals surface area contributed by atoms with Crippen LogP contribution in [0, 0.1) is 6.92 Å². The summed E-state index contributed by atoms with van der Waals surface area (Å²) in [5.74, 6) is 0.127. The molecule has 0 atom stereocenters. The number of aromatic nitrogens is 3. The van der Waals surface area contributed by atoms with Crippen molar-refractivity contribution in [1.29, 1.82) is 0 Å². The van der Waals surface area contributed by atoms with Gasteiger partial charge in [0, 0.05) is 5.69 Å². The van der Waals surface area contributed by atoms with Crippen LogP contribution in [-0.4, -0.2) is 25.2 Å². The number of aromatic hydroxyl groups is 2. The third kappa shape index (κ3) is 1.57. The van der Waals surface area contributed by atoms with E-state index in [9.17, 15) is 10.2 Å². The number of para-hydroxylation sites is 1. The number of phenols is 2. The lowest BCUT2D eigenvalue weighted by atomic mass is 10.2. The molecule has 3 aromatic rings. The van der Waals surface area contributed by atoms with Crippen LogP contribution in [0.5, 0.6) is 11.5 Å². The standard InChI is InChI=1S/C13H11N3O2/c1-7-5-6-9-13(14-7)16-12(15-9)8-3-2-4-10(17)11(8)18/h2-6,17-18H,1H3,(H,14,15,16). The molecule has 5 nitrogen and oxygen atoms in total. The summed E-state index contributed by atoms with van der Waals surface area (Å²) < 4.78 is 0. The zero-order valence-electron chi connectivity index (χ0n) is 9.68. The molecule has 0 aliphatic rings. The summed E-state index contributed by atoms with van der Waals surface area (Å²) in [7, 11) is 0. The van der Waals surface area contributed by atoms with Gasteiger partial charge in [0.1, 0.15) is 5.82 Å². The van der Waals surface area contributed by atoms with E-state index in [1.54, 1.807) is 12.1 Å². The summed E-state index contributed by atoms with van der Waals surface area (Å²) in [5, 5.41) is 19.3. The zero-order chi connectivity index (χ0) is 12.7. The molecule has 18 heavy (non-hydrogen) atoms. The number of pyridine rings is 1. The molecule has 0 aliphatic heterocycles. The molecule has 0 aliphatic carbocycles. The Hall–Kier alpha value is -2.56. The smallest absolute Gasteiger partial charge is 0.178 e. The normalized spacial score (nSPS) is 10.9. The van der Waals surface area contributed by atoms with Gasteiger partial charge in [0.2, 0.25) is 0 Å². The average molecular weight is 241 g/mol. The molecule has 3 N–H and O–H groups in total. The number of aryl methyl sites for hydroxylation is 1. The van der Waals surface area contributed by atoms with Gasteiger partial charge in [-0.3, -0.25) is 0 Å². The molecule has 3 rings (SSSR count). The average Bonchev–Trinajstić information content (AvgIpc) is 2.75. The minimum Gasteiger partial charge on any atom is -0.504 e. The van der Waals surface area contributed by atoms with E-state index in [0.29, 0.717) is 17.0 Å². The highest BCUT2D eigenvalue weighted by atomic mass is 16.3. The molecule has 0 saturated carbocycles. The lowest BCUT2D eigenvalue weighted by Crippen LogP contribution is -1.82. The van der Waals surface area contributed by atoms with Crippen LogP contribution in [0.2, 0.25) is 0 Å². The third-order valence-electron chi connectivity index (χ3n) is 2.75. The number of fused-ring (bicyclic) bond motifs is 1. The number of hydrogen-bond acceptors (Lipinski definition) is 4. The highest BCUT2D eigenvalue weighted by molar-refractivity contribution is 5.78. The van der Waals surface area contributed by atoms with E-state index in [1.165, 1.54) is 6.07 Å². The summed E-state index contributed by atoms with van der Waals surface area (Å²) in [5.41, 5.74) is 2.71. The predicted octanol–water partition coefficient (Wildman–Crippen LogP) is 2.34. The maximum Gasteiger partial charge on any atom is 0.178 e. The molecule has 0 bridgehead atoms. The Labute approximate surface area is 103 Å². The van der Waals surface area contributed by atoms with Crippen LogP contribution in [0.3, 0.4) is 0 Å². The number of rotatable bonds is 1. The van der Waals surface area contributed by atoms with Gasteiger partial charge in [-0.15, -0.1) is 0 Å². The number of aromatic amines is 1. The lowest BCUT2D eigenvalue weighted by Gasteiger charge is -2.02. The molecule has 0 spiro atoms. The summed E-state index contributed by atoms with van der Waals surface area (Å²) in [6.45, 7) is 1.89. The van der Waals surface area contributed by atoms with Crippen LogP contribution in [0.25, 0.3) is 22.6 Å². The van der Waals surface area contributed by atoms with E-state index in [1.807, 2.05) is 19.1 Å². The molecule has 2 aromatic heterocycles. The van der Waals surface area contributed by atoms with Crippen molar-refractivity contribution in [3.63, 3.8) is 0 Å². The quantitative estimate of drug-likeness (QED) is 0.571. The van der Waals surface area contributed by atoms with E-state index < -0.39 is 0 Å². The molecule has 0 unspecified atom stereocenters. The first kappa shape index (κ1) is 10.6. The first-order valence-corrected chi connectivity index (χ1v) is 5.50. The van der Waals surface area contributed by atoms with Gasteiger partial charge in [0.25, 0.3) is 0 Å². The fourth-order valence-electron chi connectivity index (χ4n) is 1.84. The summed E-state index contributed by atoms with van der Waals surface area (Å²) >= 11 is 0. The Balaban J connectivity index is 2.22. The SMILES string of the molecule is Cc1ccc2[nH]c(-c3cccc(O)c3O)nc2n1. The van der Waals surface area contributed by atoms with Crippen LogP contribution >= 0.6 is 0 Å². The fraction of sp³-hybridized carbons (Fsp3) is 0.0769. The van der Waals surface area contributed by atoms with Gasteiger partial charge in [-0.05, 0) is 31.2 Å². The minimum absolute atomic E-state index is 0.169. The maximum absolute atomic E-state index is 9.80. The van der Waals surface area contributed by atoms with Crippen molar-refractivity contribution in [1.82, 2.24) is 15.0 Å². The summed E-state index contributed by atoms with van der Waals surface area (Å²) in [6, 6.07) is 8.51. The van der Waals surface area contributed by atoms with Crippen LogP contribution in [0.4, 0.5) is 0 Å². The second-order valence-corrected chi connectivity index (χ2v) is 4.08. The summed E-state index contributed by atoms with van der Waals surface area (Å²) in [4.78, 5) is 11.7. The number of nitrogens with zero attached hydrogens (tertiary/aromatic N) is 2. The van der Waals surface area contributed by atoms with Gasteiger partial charge in [-0.25, -0.2) is 9.97 Å². The van der Waals surface area contributed by atoms with Crippen molar-refractivity contribution in [2.45, 2.75) is 6.92 Å². The van der Waals surface area contributed by atoms with Crippen LogP contribution in [0.1, 0.15) is 5.69 Å². The molecule has 1 aromatic carbocycles. The van der Waals surface area contributed by atoms with Crippen molar-refractivity contribution < 1.29 is 10.2 Å². The van der Waals surface area contributed by atoms with E-state index >= 15 is 0 Å². The third-order valence-corrected chi connectivity index (χ3v) is 2.75. The molecule has 90 valence electrons. The topological polar surface area (TPSA) is 82.0 Å². The van der Waals surface area contributed by atoms with E-state index in [2.05, 4.69) is 15.0 Å². The van der Waals surface area contributed by atoms with Gasteiger partial charge in [0.05, 0.1) is 11.1 Å². The lowest BCUT2D eigenvalue weighted by molar-refractivity contribution is 0.405. The van der Waals surface area contributed by atoms with Crippen molar-refractivity contribution in [3.05, 3.63) is 36.0 Å². The van der Waals surface area contributed by atoms with Gasteiger partial charge in [0.15, 0.2) is 17.1 Å². The fourth-order valence-corrected chi connectivity index (χ4v) is 1.84. The van der Waals surface area contributed by atoms with Crippen LogP contribution < -0.4 is 0 Å². The highest BCUT2D eigenvalue weighted by Crippen LogP contribution is 2.35. The molecule has 0 amide bonds. The number of benzene rings is 1.